The molecule has 0 bridgehead atoms. The molecule has 0 aromatic heterocycles. The van der Waals surface area contributed by atoms with Gasteiger partial charge in [-0.25, -0.2) is 4.79 Å². The first kappa shape index (κ1) is 10.0. The van der Waals surface area contributed by atoms with Crippen molar-refractivity contribution >= 4 is 11.8 Å². The summed E-state index contributed by atoms with van der Waals surface area (Å²) in [6.45, 7) is 0. The third kappa shape index (κ3) is 1.82. The monoisotopic (exact) mass is 196 g/mol. The van der Waals surface area contributed by atoms with Gasteiger partial charge in [0.1, 0.15) is 11.5 Å². The molecule has 1 aromatic carbocycles. The Balaban J connectivity index is 3.12. The van der Waals surface area contributed by atoms with Crippen molar-refractivity contribution in [2.45, 2.75) is 0 Å². The van der Waals surface area contributed by atoms with E-state index in [1.807, 2.05) is 0 Å². The van der Waals surface area contributed by atoms with E-state index in [9.17, 15) is 14.7 Å². The van der Waals surface area contributed by atoms with Crippen LogP contribution in [0.5, 0.6) is 11.5 Å². The van der Waals surface area contributed by atoms with Crippen LogP contribution in [-0.4, -0.2) is 29.1 Å². The summed E-state index contributed by atoms with van der Waals surface area (Å²) >= 11 is 0. The molecule has 0 fully saturated rings. The number of Topliss-reactive ketones (excluding diaryl/α,β-unsaturated/α-hetero) is 1. The van der Waals surface area contributed by atoms with Crippen LogP contribution in [0.1, 0.15) is 10.4 Å². The first-order valence-corrected chi connectivity index (χ1v) is 3.71. The summed E-state index contributed by atoms with van der Waals surface area (Å²) < 4.78 is 4.77. The Labute approximate surface area is 79.6 Å². The van der Waals surface area contributed by atoms with Gasteiger partial charge < -0.3 is 14.9 Å². The zero-order chi connectivity index (χ0) is 10.7. The molecule has 0 aliphatic heterocycles. The fraction of sp³-hybridized carbons (Fsp3) is 0.111. The minimum atomic E-state index is -1.61. The van der Waals surface area contributed by atoms with Gasteiger partial charge in [0.05, 0.1) is 12.7 Å². The zero-order valence-corrected chi connectivity index (χ0v) is 7.35. The topological polar surface area (TPSA) is 83.8 Å². The van der Waals surface area contributed by atoms with Crippen molar-refractivity contribution in [1.29, 1.82) is 0 Å². The molecule has 74 valence electrons. The van der Waals surface area contributed by atoms with Gasteiger partial charge in [-0.1, -0.05) is 0 Å². The van der Waals surface area contributed by atoms with Crippen molar-refractivity contribution in [1.82, 2.24) is 0 Å². The Morgan fingerprint density at radius 3 is 2.43 bits per heavy atom. The molecule has 2 N–H and O–H groups in total. The number of phenolic OH excluding ortho intramolecular Hbond substituents is 1. The van der Waals surface area contributed by atoms with Gasteiger partial charge in [0, 0.05) is 6.07 Å². The average molecular weight is 196 g/mol. The normalized spacial score (nSPS) is 9.50. The van der Waals surface area contributed by atoms with Crippen molar-refractivity contribution < 1.29 is 24.5 Å². The molecule has 5 nitrogen and oxygen atoms in total. The number of hydrogen-bond donors (Lipinski definition) is 2. The maximum atomic E-state index is 11.0. The van der Waals surface area contributed by atoms with Crippen LogP contribution in [0.3, 0.4) is 0 Å². The average Bonchev–Trinajstić information content (AvgIpc) is 2.16. The van der Waals surface area contributed by atoms with Gasteiger partial charge in [0.2, 0.25) is 0 Å². The van der Waals surface area contributed by atoms with Crippen molar-refractivity contribution in [3.05, 3.63) is 23.8 Å². The summed E-state index contributed by atoms with van der Waals surface area (Å²) in [7, 11) is 1.40. The highest BCUT2D eigenvalue weighted by atomic mass is 16.5. The quantitative estimate of drug-likeness (QED) is 0.548. The molecule has 0 saturated carbocycles. The van der Waals surface area contributed by atoms with Crippen molar-refractivity contribution in [3.8, 4) is 11.5 Å². The summed E-state index contributed by atoms with van der Waals surface area (Å²) in [6, 6.07) is 3.77. The van der Waals surface area contributed by atoms with E-state index in [1.54, 1.807) is 0 Å². The SMILES string of the molecule is COc1ccc(C(=O)C(=O)O)c(O)c1. The highest BCUT2D eigenvalue weighted by molar-refractivity contribution is 6.40. The molecular formula is C9H8O5. The lowest BCUT2D eigenvalue weighted by molar-refractivity contribution is -0.131. The van der Waals surface area contributed by atoms with E-state index in [4.69, 9.17) is 9.84 Å². The molecule has 0 aliphatic carbocycles. The van der Waals surface area contributed by atoms with E-state index in [0.717, 1.165) is 0 Å². The first-order chi connectivity index (χ1) is 6.56. The van der Waals surface area contributed by atoms with Gasteiger partial charge in [-0.15, -0.1) is 0 Å². The maximum absolute atomic E-state index is 11.0. The Morgan fingerprint density at radius 2 is 2.00 bits per heavy atom. The van der Waals surface area contributed by atoms with E-state index in [0.29, 0.717) is 5.75 Å². The molecular weight excluding hydrogens is 188 g/mol. The van der Waals surface area contributed by atoms with Crippen LogP contribution in [0.4, 0.5) is 0 Å². The third-order valence-corrected chi connectivity index (χ3v) is 1.64. The van der Waals surface area contributed by atoms with Crippen LogP contribution in [0, 0.1) is 0 Å². The summed E-state index contributed by atoms with van der Waals surface area (Å²) in [5.74, 6) is -2.81. The second-order valence-corrected chi connectivity index (χ2v) is 2.52. The van der Waals surface area contributed by atoms with Gasteiger partial charge in [-0.2, -0.15) is 0 Å². The van der Waals surface area contributed by atoms with Crippen molar-refractivity contribution in [3.63, 3.8) is 0 Å². The number of hydrogen-bond acceptors (Lipinski definition) is 4. The summed E-state index contributed by atoms with van der Waals surface area (Å²) in [5.41, 5.74) is -0.252. The highest BCUT2D eigenvalue weighted by Gasteiger charge is 2.18. The fourth-order valence-corrected chi connectivity index (χ4v) is 0.946. The molecule has 14 heavy (non-hydrogen) atoms. The van der Waals surface area contributed by atoms with Gasteiger partial charge in [0.15, 0.2) is 0 Å². The number of carboxylic acids is 1. The number of carbonyl (C=O) groups excluding carboxylic acids is 1. The lowest BCUT2D eigenvalue weighted by Crippen LogP contribution is -2.12. The predicted molar refractivity (Wildman–Crippen MR) is 46.6 cm³/mol. The largest absolute Gasteiger partial charge is 0.507 e. The number of benzene rings is 1. The molecule has 0 amide bonds. The number of rotatable bonds is 3. The minimum Gasteiger partial charge on any atom is -0.507 e. The van der Waals surface area contributed by atoms with Gasteiger partial charge in [0.25, 0.3) is 5.78 Å². The van der Waals surface area contributed by atoms with E-state index >= 15 is 0 Å². The molecule has 0 radical (unpaired) electrons. The number of phenols is 1. The van der Waals surface area contributed by atoms with Crippen molar-refractivity contribution in [2.75, 3.05) is 7.11 Å². The molecule has 1 aromatic rings. The van der Waals surface area contributed by atoms with E-state index in [1.165, 1.54) is 25.3 Å². The second kappa shape index (κ2) is 3.78. The lowest BCUT2D eigenvalue weighted by Gasteiger charge is -2.03. The van der Waals surface area contributed by atoms with Gasteiger partial charge >= 0.3 is 5.97 Å². The standard InChI is InChI=1S/C9H8O5/c1-14-5-2-3-6(7(10)4-5)8(11)9(12)13/h2-4,10H,1H3,(H,12,13). The predicted octanol–water partition coefficient (Wildman–Crippen LogP) is 0.668. The number of aromatic hydroxyl groups is 1. The first-order valence-electron chi connectivity index (χ1n) is 3.71. The third-order valence-electron chi connectivity index (χ3n) is 1.64. The molecule has 0 unspecified atom stereocenters. The minimum absolute atomic E-state index is 0.252. The fourth-order valence-electron chi connectivity index (χ4n) is 0.946. The molecule has 0 spiro atoms. The van der Waals surface area contributed by atoms with Crippen LogP contribution in [0.2, 0.25) is 0 Å². The van der Waals surface area contributed by atoms with Crippen LogP contribution in [-0.2, 0) is 4.79 Å². The van der Waals surface area contributed by atoms with Crippen LogP contribution >= 0.6 is 0 Å². The lowest BCUT2D eigenvalue weighted by atomic mass is 10.1. The van der Waals surface area contributed by atoms with Crippen LogP contribution in [0.25, 0.3) is 0 Å². The van der Waals surface area contributed by atoms with Crippen LogP contribution < -0.4 is 4.74 Å². The number of carbonyl (C=O) groups is 2. The molecule has 1 rings (SSSR count). The number of carboxylic acid groups (broad SMARTS) is 1. The number of methoxy groups -OCH3 is 1. The Morgan fingerprint density at radius 1 is 1.36 bits per heavy atom. The second-order valence-electron chi connectivity index (χ2n) is 2.52. The van der Waals surface area contributed by atoms with E-state index in [-0.39, 0.29) is 5.56 Å². The smallest absolute Gasteiger partial charge is 0.377 e. The Bertz CT molecular complexity index is 383. The number of ether oxygens (including phenoxy) is 1. The molecule has 0 aliphatic rings. The Kier molecular flexibility index (Phi) is 2.71. The van der Waals surface area contributed by atoms with E-state index in [2.05, 4.69) is 0 Å². The molecule has 0 heterocycles. The molecule has 5 heteroatoms. The number of aliphatic carboxylic acids is 1. The number of ketones is 1. The van der Waals surface area contributed by atoms with Gasteiger partial charge in [-0.3, -0.25) is 4.79 Å². The molecule has 0 atom stereocenters. The van der Waals surface area contributed by atoms with E-state index < -0.39 is 17.5 Å². The molecule has 0 saturated heterocycles. The summed E-state index contributed by atoms with van der Waals surface area (Å²) in [4.78, 5) is 21.3. The maximum Gasteiger partial charge on any atom is 0.377 e. The van der Waals surface area contributed by atoms with Crippen molar-refractivity contribution in [2.24, 2.45) is 0 Å². The van der Waals surface area contributed by atoms with Gasteiger partial charge in [-0.05, 0) is 12.1 Å². The summed E-state index contributed by atoms with van der Waals surface area (Å²) in [6.07, 6.45) is 0. The zero-order valence-electron chi connectivity index (χ0n) is 7.35. The highest BCUT2D eigenvalue weighted by Crippen LogP contribution is 2.23. The summed E-state index contributed by atoms with van der Waals surface area (Å²) in [5, 5.41) is 17.7. The Hall–Kier alpha value is -2.04. The van der Waals surface area contributed by atoms with Crippen LogP contribution in [0.15, 0.2) is 18.2 Å².